The summed E-state index contributed by atoms with van der Waals surface area (Å²) in [6.07, 6.45) is 2.05. The van der Waals surface area contributed by atoms with Crippen LogP contribution in [0.1, 0.15) is 13.3 Å². The van der Waals surface area contributed by atoms with Crippen molar-refractivity contribution in [3.63, 3.8) is 0 Å². The van der Waals surface area contributed by atoms with E-state index in [-0.39, 0.29) is 0 Å². The number of nitrogens with zero attached hydrogens (tertiary/aromatic N) is 1. The van der Waals surface area contributed by atoms with Gasteiger partial charge in [0, 0.05) is 31.9 Å². The molecular weight excluding hydrogens is 200 g/mol. The Morgan fingerprint density at radius 3 is 2.79 bits per heavy atom. The Kier molecular flexibility index (Phi) is 4.34. The lowest BCUT2D eigenvalue weighted by molar-refractivity contribution is 0.208. The van der Waals surface area contributed by atoms with E-state index < -0.39 is 9.84 Å². The summed E-state index contributed by atoms with van der Waals surface area (Å²) in [6.45, 7) is 6.14. The van der Waals surface area contributed by atoms with Gasteiger partial charge in [0.25, 0.3) is 0 Å². The Balaban J connectivity index is 2.18. The molecule has 0 aromatic carbocycles. The number of sulfone groups is 1. The van der Waals surface area contributed by atoms with Crippen LogP contribution in [0.2, 0.25) is 0 Å². The van der Waals surface area contributed by atoms with Crippen molar-refractivity contribution in [2.45, 2.75) is 19.4 Å². The fraction of sp³-hybridized carbons (Fsp3) is 1.00. The summed E-state index contributed by atoms with van der Waals surface area (Å²) in [5.74, 6) is 0.311. The molecule has 84 valence electrons. The molecule has 0 spiro atoms. The van der Waals surface area contributed by atoms with E-state index in [0.29, 0.717) is 11.8 Å². The molecule has 0 aliphatic carbocycles. The van der Waals surface area contributed by atoms with E-state index in [9.17, 15) is 8.42 Å². The molecule has 1 heterocycles. The van der Waals surface area contributed by atoms with E-state index in [1.165, 1.54) is 6.26 Å². The van der Waals surface area contributed by atoms with Gasteiger partial charge in [0.15, 0.2) is 0 Å². The molecular formula is C9H20N2O2S. The summed E-state index contributed by atoms with van der Waals surface area (Å²) < 4.78 is 21.8. The van der Waals surface area contributed by atoms with Crippen LogP contribution < -0.4 is 5.32 Å². The number of nitrogens with one attached hydrogen (secondary N) is 1. The van der Waals surface area contributed by atoms with Crippen molar-refractivity contribution in [3.8, 4) is 0 Å². The second-order valence-corrected chi connectivity index (χ2v) is 6.40. The zero-order valence-electron chi connectivity index (χ0n) is 8.99. The van der Waals surface area contributed by atoms with Crippen LogP contribution in [-0.4, -0.2) is 57.5 Å². The van der Waals surface area contributed by atoms with Crippen molar-refractivity contribution in [1.82, 2.24) is 10.2 Å². The van der Waals surface area contributed by atoms with Gasteiger partial charge in [-0.3, -0.25) is 0 Å². The summed E-state index contributed by atoms with van der Waals surface area (Å²) in [5, 5.41) is 3.36. The quantitative estimate of drug-likeness (QED) is 0.707. The predicted molar refractivity (Wildman–Crippen MR) is 58.2 cm³/mol. The molecule has 0 aromatic rings. The third-order valence-corrected chi connectivity index (χ3v) is 3.47. The van der Waals surface area contributed by atoms with Crippen LogP contribution in [0.5, 0.6) is 0 Å². The highest BCUT2D eigenvalue weighted by atomic mass is 32.2. The first-order valence-corrected chi connectivity index (χ1v) is 7.17. The van der Waals surface area contributed by atoms with Crippen LogP contribution in [0, 0.1) is 0 Å². The van der Waals surface area contributed by atoms with Gasteiger partial charge in [0.1, 0.15) is 9.84 Å². The van der Waals surface area contributed by atoms with E-state index in [2.05, 4.69) is 17.1 Å². The smallest absolute Gasteiger partial charge is 0.147 e. The van der Waals surface area contributed by atoms with Gasteiger partial charge in [-0.2, -0.15) is 0 Å². The first-order chi connectivity index (χ1) is 6.47. The number of hydrogen-bond donors (Lipinski definition) is 1. The van der Waals surface area contributed by atoms with Crippen LogP contribution in [-0.2, 0) is 9.84 Å². The first kappa shape index (κ1) is 11.9. The Labute approximate surface area is 86.6 Å². The minimum atomic E-state index is -2.78. The molecule has 1 aliphatic heterocycles. The van der Waals surface area contributed by atoms with Crippen molar-refractivity contribution in [2.75, 3.05) is 38.2 Å². The molecule has 0 radical (unpaired) electrons. The van der Waals surface area contributed by atoms with Gasteiger partial charge in [-0.05, 0) is 19.9 Å². The summed E-state index contributed by atoms with van der Waals surface area (Å²) >= 11 is 0. The van der Waals surface area contributed by atoms with E-state index in [4.69, 9.17) is 0 Å². The molecule has 1 rings (SSSR count). The molecule has 1 fully saturated rings. The van der Waals surface area contributed by atoms with Gasteiger partial charge in [0.05, 0.1) is 5.75 Å². The van der Waals surface area contributed by atoms with Crippen LogP contribution in [0.15, 0.2) is 0 Å². The predicted octanol–water partition coefficient (Wildman–Crippen LogP) is -0.285. The Hall–Kier alpha value is -0.130. The van der Waals surface area contributed by atoms with Crippen LogP contribution in [0.4, 0.5) is 0 Å². The minimum absolute atomic E-state index is 0.311. The largest absolute Gasteiger partial charge is 0.312 e. The van der Waals surface area contributed by atoms with Gasteiger partial charge in [-0.15, -0.1) is 0 Å². The zero-order valence-corrected chi connectivity index (χ0v) is 9.81. The highest BCUT2D eigenvalue weighted by molar-refractivity contribution is 7.90. The van der Waals surface area contributed by atoms with Gasteiger partial charge in [0.2, 0.25) is 0 Å². The first-order valence-electron chi connectivity index (χ1n) is 5.11. The van der Waals surface area contributed by atoms with E-state index in [0.717, 1.165) is 32.6 Å². The average Bonchev–Trinajstić information content (AvgIpc) is 2.01. The standard InChI is InChI=1S/C9H20N2O2S/c1-9-8-11(6-4-10-9)5-3-7-14(2,12)13/h9-10H,3-8H2,1-2H3/t9-/m0/s1. The maximum atomic E-state index is 10.9. The van der Waals surface area contributed by atoms with E-state index >= 15 is 0 Å². The third-order valence-electron chi connectivity index (χ3n) is 2.44. The summed E-state index contributed by atoms with van der Waals surface area (Å²) in [7, 11) is -2.78. The number of rotatable bonds is 4. The lowest BCUT2D eigenvalue weighted by Gasteiger charge is -2.31. The van der Waals surface area contributed by atoms with Crippen LogP contribution in [0.25, 0.3) is 0 Å². The lowest BCUT2D eigenvalue weighted by atomic mass is 10.2. The van der Waals surface area contributed by atoms with Crippen LogP contribution >= 0.6 is 0 Å². The van der Waals surface area contributed by atoms with E-state index in [1.807, 2.05) is 0 Å². The molecule has 0 aromatic heterocycles. The fourth-order valence-electron chi connectivity index (χ4n) is 1.77. The monoisotopic (exact) mass is 220 g/mol. The van der Waals surface area contributed by atoms with Crippen molar-refractivity contribution in [1.29, 1.82) is 0 Å². The van der Waals surface area contributed by atoms with Crippen molar-refractivity contribution in [2.24, 2.45) is 0 Å². The second kappa shape index (κ2) is 5.09. The molecule has 0 amide bonds. The van der Waals surface area contributed by atoms with Crippen molar-refractivity contribution >= 4 is 9.84 Å². The lowest BCUT2D eigenvalue weighted by Crippen LogP contribution is -2.49. The molecule has 1 saturated heterocycles. The molecule has 0 bridgehead atoms. The fourth-order valence-corrected chi connectivity index (χ4v) is 2.42. The molecule has 14 heavy (non-hydrogen) atoms. The molecule has 4 nitrogen and oxygen atoms in total. The van der Waals surface area contributed by atoms with Crippen molar-refractivity contribution < 1.29 is 8.42 Å². The normalized spacial score (nSPS) is 25.1. The summed E-state index contributed by atoms with van der Waals surface area (Å²) in [6, 6.07) is 0.530. The van der Waals surface area contributed by atoms with Gasteiger partial charge >= 0.3 is 0 Å². The molecule has 1 atom stereocenters. The second-order valence-electron chi connectivity index (χ2n) is 4.14. The molecule has 5 heteroatoms. The SMILES string of the molecule is C[C@H]1CN(CCCS(C)(=O)=O)CCN1. The Morgan fingerprint density at radius 2 is 2.21 bits per heavy atom. The van der Waals surface area contributed by atoms with Crippen LogP contribution in [0.3, 0.4) is 0 Å². The average molecular weight is 220 g/mol. The number of hydrogen-bond acceptors (Lipinski definition) is 4. The maximum Gasteiger partial charge on any atom is 0.147 e. The van der Waals surface area contributed by atoms with Gasteiger partial charge in [-0.25, -0.2) is 8.42 Å². The summed E-state index contributed by atoms with van der Waals surface area (Å²) in [5.41, 5.74) is 0. The highest BCUT2D eigenvalue weighted by Gasteiger charge is 2.15. The Bertz CT molecular complexity index is 264. The van der Waals surface area contributed by atoms with Gasteiger partial charge in [-0.1, -0.05) is 0 Å². The molecule has 1 aliphatic rings. The highest BCUT2D eigenvalue weighted by Crippen LogP contribution is 2.00. The third kappa shape index (κ3) is 4.93. The summed E-state index contributed by atoms with van der Waals surface area (Å²) in [4.78, 5) is 2.33. The topological polar surface area (TPSA) is 49.4 Å². The molecule has 1 N–H and O–H groups in total. The Morgan fingerprint density at radius 1 is 1.50 bits per heavy atom. The number of piperazine rings is 1. The van der Waals surface area contributed by atoms with Crippen molar-refractivity contribution in [3.05, 3.63) is 0 Å². The van der Waals surface area contributed by atoms with Gasteiger partial charge < -0.3 is 10.2 Å². The van der Waals surface area contributed by atoms with E-state index in [1.54, 1.807) is 0 Å². The molecule has 0 unspecified atom stereocenters. The molecule has 0 saturated carbocycles. The zero-order chi connectivity index (χ0) is 10.6. The maximum absolute atomic E-state index is 10.9. The minimum Gasteiger partial charge on any atom is -0.312 e.